The second-order valence-electron chi connectivity index (χ2n) is 4.65. The first-order valence-electron chi connectivity index (χ1n) is 5.43. The van der Waals surface area contributed by atoms with Crippen molar-refractivity contribution in [3.63, 3.8) is 0 Å². The first kappa shape index (κ1) is 10.5. The lowest BCUT2D eigenvalue weighted by Crippen LogP contribution is -2.11. The summed E-state index contributed by atoms with van der Waals surface area (Å²) < 4.78 is 5.34. The van der Waals surface area contributed by atoms with E-state index in [0.29, 0.717) is 6.61 Å². The fourth-order valence-electron chi connectivity index (χ4n) is 2.02. The van der Waals surface area contributed by atoms with Crippen molar-refractivity contribution < 1.29 is 9.84 Å². The molecule has 0 unspecified atom stereocenters. The van der Waals surface area contributed by atoms with Crippen LogP contribution in [0.4, 0.5) is 0 Å². The Morgan fingerprint density at radius 3 is 2.67 bits per heavy atom. The third kappa shape index (κ3) is 2.15. The quantitative estimate of drug-likeness (QED) is 0.819. The molecule has 2 nitrogen and oxygen atoms in total. The standard InChI is InChI=1S/C13H18O2/c1-10-3-4-12(15-2)11(7-10)8-13(9-14)5-6-13/h3-4,7,14H,5-6,8-9H2,1-2H3. The molecular weight excluding hydrogens is 188 g/mol. The molecule has 1 aromatic rings. The Morgan fingerprint density at radius 2 is 2.13 bits per heavy atom. The molecule has 0 aromatic heterocycles. The minimum absolute atomic E-state index is 0.154. The van der Waals surface area contributed by atoms with Crippen LogP contribution in [0.3, 0.4) is 0 Å². The van der Waals surface area contributed by atoms with Crippen molar-refractivity contribution in [2.45, 2.75) is 26.2 Å². The van der Waals surface area contributed by atoms with Crippen molar-refractivity contribution in [3.8, 4) is 5.75 Å². The van der Waals surface area contributed by atoms with Gasteiger partial charge in [-0.1, -0.05) is 17.7 Å². The minimum atomic E-state index is 0.154. The van der Waals surface area contributed by atoms with E-state index in [1.165, 1.54) is 11.1 Å². The first-order valence-corrected chi connectivity index (χ1v) is 5.43. The molecule has 2 rings (SSSR count). The Kier molecular flexibility index (Phi) is 2.70. The van der Waals surface area contributed by atoms with Gasteiger partial charge in [-0.25, -0.2) is 0 Å². The van der Waals surface area contributed by atoms with Crippen molar-refractivity contribution in [1.29, 1.82) is 0 Å². The van der Waals surface area contributed by atoms with Crippen LogP contribution >= 0.6 is 0 Å². The maximum absolute atomic E-state index is 9.31. The van der Waals surface area contributed by atoms with Crippen molar-refractivity contribution in [2.75, 3.05) is 13.7 Å². The van der Waals surface area contributed by atoms with Gasteiger partial charge in [-0.2, -0.15) is 0 Å². The molecule has 1 aliphatic rings. The molecule has 0 amide bonds. The topological polar surface area (TPSA) is 29.5 Å². The fourth-order valence-corrected chi connectivity index (χ4v) is 2.02. The highest BCUT2D eigenvalue weighted by atomic mass is 16.5. The summed E-state index contributed by atoms with van der Waals surface area (Å²) in [5.74, 6) is 0.945. The van der Waals surface area contributed by atoms with Gasteiger partial charge in [0.05, 0.1) is 7.11 Å². The van der Waals surface area contributed by atoms with Gasteiger partial charge in [-0.3, -0.25) is 0 Å². The molecule has 0 radical (unpaired) electrons. The van der Waals surface area contributed by atoms with E-state index in [4.69, 9.17) is 4.74 Å². The Hall–Kier alpha value is -1.02. The molecule has 0 aliphatic heterocycles. The van der Waals surface area contributed by atoms with Gasteiger partial charge >= 0.3 is 0 Å². The number of ether oxygens (including phenoxy) is 1. The van der Waals surface area contributed by atoms with Crippen molar-refractivity contribution >= 4 is 0 Å². The van der Waals surface area contributed by atoms with E-state index in [1.807, 2.05) is 6.07 Å². The van der Waals surface area contributed by atoms with Crippen LogP contribution < -0.4 is 4.74 Å². The van der Waals surface area contributed by atoms with Crippen molar-refractivity contribution in [1.82, 2.24) is 0 Å². The third-order valence-corrected chi connectivity index (χ3v) is 3.29. The van der Waals surface area contributed by atoms with E-state index in [9.17, 15) is 5.11 Å². The zero-order valence-corrected chi connectivity index (χ0v) is 9.42. The summed E-state index contributed by atoms with van der Waals surface area (Å²) >= 11 is 0. The second-order valence-corrected chi connectivity index (χ2v) is 4.65. The van der Waals surface area contributed by atoms with Crippen LogP contribution in [-0.4, -0.2) is 18.8 Å². The van der Waals surface area contributed by atoms with E-state index in [1.54, 1.807) is 7.11 Å². The molecule has 0 spiro atoms. The molecule has 0 heterocycles. The summed E-state index contributed by atoms with van der Waals surface area (Å²) in [6.45, 7) is 2.38. The highest BCUT2D eigenvalue weighted by Gasteiger charge is 2.42. The molecule has 1 saturated carbocycles. The van der Waals surface area contributed by atoms with Crippen LogP contribution in [-0.2, 0) is 6.42 Å². The zero-order valence-electron chi connectivity index (χ0n) is 9.42. The van der Waals surface area contributed by atoms with Crippen LogP contribution in [0.25, 0.3) is 0 Å². The summed E-state index contributed by atoms with van der Waals surface area (Å²) in [6, 6.07) is 6.23. The summed E-state index contributed by atoms with van der Waals surface area (Å²) in [5.41, 5.74) is 2.63. The number of benzene rings is 1. The monoisotopic (exact) mass is 206 g/mol. The Morgan fingerprint density at radius 1 is 1.40 bits per heavy atom. The summed E-state index contributed by atoms with van der Waals surface area (Å²) in [7, 11) is 1.70. The van der Waals surface area contributed by atoms with E-state index in [0.717, 1.165) is 25.0 Å². The van der Waals surface area contributed by atoms with E-state index < -0.39 is 0 Å². The van der Waals surface area contributed by atoms with Crippen LogP contribution in [0, 0.1) is 12.3 Å². The molecule has 0 bridgehead atoms. The largest absolute Gasteiger partial charge is 0.496 e. The number of aliphatic hydroxyl groups is 1. The number of hydrogen-bond acceptors (Lipinski definition) is 2. The molecule has 1 fully saturated rings. The van der Waals surface area contributed by atoms with Gasteiger partial charge in [-0.15, -0.1) is 0 Å². The Bertz CT molecular complexity index is 354. The fraction of sp³-hybridized carbons (Fsp3) is 0.538. The summed E-state index contributed by atoms with van der Waals surface area (Å²) in [6.07, 6.45) is 3.22. The van der Waals surface area contributed by atoms with Crippen LogP contribution in [0.5, 0.6) is 5.75 Å². The summed E-state index contributed by atoms with van der Waals surface area (Å²) in [5, 5.41) is 9.31. The Labute approximate surface area is 90.9 Å². The SMILES string of the molecule is COc1ccc(C)cc1CC1(CO)CC1. The number of rotatable bonds is 4. The average molecular weight is 206 g/mol. The van der Waals surface area contributed by atoms with Crippen LogP contribution in [0.15, 0.2) is 18.2 Å². The highest BCUT2D eigenvalue weighted by molar-refractivity contribution is 5.38. The predicted molar refractivity (Wildman–Crippen MR) is 60.2 cm³/mol. The van der Waals surface area contributed by atoms with E-state index in [2.05, 4.69) is 19.1 Å². The van der Waals surface area contributed by atoms with Gasteiger partial charge in [-0.05, 0) is 43.2 Å². The molecule has 15 heavy (non-hydrogen) atoms. The molecule has 82 valence electrons. The number of aliphatic hydroxyl groups excluding tert-OH is 1. The lowest BCUT2D eigenvalue weighted by atomic mass is 9.95. The molecule has 0 atom stereocenters. The zero-order chi connectivity index (χ0) is 10.9. The first-order chi connectivity index (χ1) is 7.19. The van der Waals surface area contributed by atoms with Gasteiger partial charge in [0, 0.05) is 6.61 Å². The average Bonchev–Trinajstić information content (AvgIpc) is 2.99. The smallest absolute Gasteiger partial charge is 0.122 e. The Balaban J connectivity index is 2.22. The molecule has 1 N–H and O–H groups in total. The predicted octanol–water partition coefficient (Wildman–Crippen LogP) is 2.32. The van der Waals surface area contributed by atoms with Crippen molar-refractivity contribution in [2.24, 2.45) is 5.41 Å². The van der Waals surface area contributed by atoms with Gasteiger partial charge < -0.3 is 9.84 Å². The number of aryl methyl sites for hydroxylation is 1. The maximum atomic E-state index is 9.31. The molecular formula is C13H18O2. The van der Waals surface area contributed by atoms with E-state index >= 15 is 0 Å². The van der Waals surface area contributed by atoms with Crippen LogP contribution in [0.2, 0.25) is 0 Å². The van der Waals surface area contributed by atoms with Crippen molar-refractivity contribution in [3.05, 3.63) is 29.3 Å². The third-order valence-electron chi connectivity index (χ3n) is 3.29. The van der Waals surface area contributed by atoms with Gasteiger partial charge in [0.1, 0.15) is 5.75 Å². The lowest BCUT2D eigenvalue weighted by Gasteiger charge is -2.15. The number of hydrogen-bond donors (Lipinski definition) is 1. The maximum Gasteiger partial charge on any atom is 0.122 e. The minimum Gasteiger partial charge on any atom is -0.496 e. The van der Waals surface area contributed by atoms with Gasteiger partial charge in [0.15, 0.2) is 0 Å². The van der Waals surface area contributed by atoms with E-state index in [-0.39, 0.29) is 5.41 Å². The van der Waals surface area contributed by atoms with Gasteiger partial charge in [0.2, 0.25) is 0 Å². The highest BCUT2D eigenvalue weighted by Crippen LogP contribution is 2.48. The second kappa shape index (κ2) is 3.86. The molecule has 1 aliphatic carbocycles. The van der Waals surface area contributed by atoms with Gasteiger partial charge in [0.25, 0.3) is 0 Å². The molecule has 1 aromatic carbocycles. The summed E-state index contributed by atoms with van der Waals surface area (Å²) in [4.78, 5) is 0. The molecule has 2 heteroatoms. The van der Waals surface area contributed by atoms with Crippen LogP contribution in [0.1, 0.15) is 24.0 Å². The molecule has 0 saturated heterocycles. The number of methoxy groups -OCH3 is 1. The lowest BCUT2D eigenvalue weighted by molar-refractivity contribution is 0.210. The normalized spacial score (nSPS) is 17.5.